The molecule has 7 heteroatoms. The number of guanidine groups is 1. The van der Waals surface area contributed by atoms with Crippen molar-refractivity contribution in [1.29, 1.82) is 0 Å². The first-order chi connectivity index (χ1) is 11.9. The third-order valence-electron chi connectivity index (χ3n) is 4.44. The van der Waals surface area contributed by atoms with Crippen molar-refractivity contribution in [2.75, 3.05) is 40.8 Å². The van der Waals surface area contributed by atoms with E-state index in [2.05, 4.69) is 22.5 Å². The molecule has 1 heterocycles. The fraction of sp³-hybridized carbons (Fsp3) is 0.579. The molecular formula is C19H31IN4O2. The van der Waals surface area contributed by atoms with Gasteiger partial charge in [0.25, 0.3) is 5.91 Å². The second kappa shape index (κ2) is 10.7. The predicted octanol–water partition coefficient (Wildman–Crippen LogP) is 2.28. The van der Waals surface area contributed by atoms with Crippen molar-refractivity contribution < 1.29 is 9.53 Å². The summed E-state index contributed by atoms with van der Waals surface area (Å²) >= 11 is 0. The molecular weight excluding hydrogens is 443 g/mol. The van der Waals surface area contributed by atoms with Crippen LogP contribution in [0, 0.1) is 0 Å². The molecule has 0 saturated carbocycles. The van der Waals surface area contributed by atoms with E-state index in [0.29, 0.717) is 0 Å². The van der Waals surface area contributed by atoms with Crippen LogP contribution in [-0.2, 0) is 11.2 Å². The van der Waals surface area contributed by atoms with E-state index in [1.807, 2.05) is 24.3 Å². The number of nitrogens with one attached hydrogen (secondary N) is 2. The Morgan fingerprint density at radius 3 is 2.73 bits per heavy atom. The van der Waals surface area contributed by atoms with Crippen LogP contribution in [0.3, 0.4) is 0 Å². The lowest BCUT2D eigenvalue weighted by Gasteiger charge is -2.24. The molecule has 1 aliphatic rings. The van der Waals surface area contributed by atoms with E-state index in [0.717, 1.165) is 56.0 Å². The summed E-state index contributed by atoms with van der Waals surface area (Å²) in [5, 5.41) is 6.65. The summed E-state index contributed by atoms with van der Waals surface area (Å²) in [5.41, 5.74) is 1.75. The van der Waals surface area contributed by atoms with Crippen LogP contribution in [0.25, 0.3) is 0 Å². The second-order valence-corrected chi connectivity index (χ2v) is 6.90. The Bertz CT molecular complexity index is 613. The molecule has 1 atom stereocenters. The monoisotopic (exact) mass is 474 g/mol. The Hall–Kier alpha value is -1.35. The Morgan fingerprint density at radius 2 is 2.12 bits per heavy atom. The second-order valence-electron chi connectivity index (χ2n) is 6.90. The van der Waals surface area contributed by atoms with Gasteiger partial charge in [0, 0.05) is 46.4 Å². The highest BCUT2D eigenvalue weighted by atomic mass is 127. The number of ether oxygens (including phenoxy) is 1. The average molecular weight is 474 g/mol. The van der Waals surface area contributed by atoms with Gasteiger partial charge in [-0.2, -0.15) is 0 Å². The van der Waals surface area contributed by atoms with Crippen molar-refractivity contribution in [3.8, 4) is 0 Å². The quantitative estimate of drug-likeness (QED) is 0.377. The van der Waals surface area contributed by atoms with Gasteiger partial charge in [-0.05, 0) is 43.9 Å². The third kappa shape index (κ3) is 6.75. The standard InChI is InChI=1S/C19H30N4O2.HI/c1-19(10-6-12-25-19)14-22-18(20-2)21-11-9-15-7-5-8-16(13-15)17(24)23(3)4;/h5,7-8,13H,6,9-12,14H2,1-4H3,(H2,20,21,22);1H. The zero-order valence-corrected chi connectivity index (χ0v) is 18.5. The van der Waals surface area contributed by atoms with Gasteiger partial charge in [-0.1, -0.05) is 12.1 Å². The zero-order valence-electron chi connectivity index (χ0n) is 16.2. The number of benzene rings is 1. The predicted molar refractivity (Wildman–Crippen MR) is 117 cm³/mol. The highest BCUT2D eigenvalue weighted by molar-refractivity contribution is 14.0. The molecule has 0 aromatic heterocycles. The fourth-order valence-corrected chi connectivity index (χ4v) is 2.91. The lowest BCUT2D eigenvalue weighted by Crippen LogP contribution is -2.45. The van der Waals surface area contributed by atoms with Gasteiger partial charge in [0.05, 0.1) is 5.60 Å². The largest absolute Gasteiger partial charge is 0.373 e. The van der Waals surface area contributed by atoms with E-state index in [1.165, 1.54) is 0 Å². The summed E-state index contributed by atoms with van der Waals surface area (Å²) in [5.74, 6) is 0.800. The molecule has 1 fully saturated rings. The minimum Gasteiger partial charge on any atom is -0.373 e. The maximum absolute atomic E-state index is 12.0. The van der Waals surface area contributed by atoms with Crippen molar-refractivity contribution in [3.05, 3.63) is 35.4 Å². The summed E-state index contributed by atoms with van der Waals surface area (Å²) in [6.07, 6.45) is 3.01. The molecule has 1 amide bonds. The van der Waals surface area contributed by atoms with E-state index in [1.54, 1.807) is 26.0 Å². The van der Waals surface area contributed by atoms with Gasteiger partial charge in [0.15, 0.2) is 5.96 Å². The van der Waals surface area contributed by atoms with Crippen LogP contribution in [0.2, 0.25) is 0 Å². The van der Waals surface area contributed by atoms with Crippen LogP contribution in [0.5, 0.6) is 0 Å². The summed E-state index contributed by atoms with van der Waals surface area (Å²) < 4.78 is 5.78. The molecule has 0 spiro atoms. The number of hydrogen-bond donors (Lipinski definition) is 2. The Morgan fingerprint density at radius 1 is 1.35 bits per heavy atom. The minimum atomic E-state index is -0.0987. The van der Waals surface area contributed by atoms with E-state index < -0.39 is 0 Å². The van der Waals surface area contributed by atoms with Crippen molar-refractivity contribution in [1.82, 2.24) is 15.5 Å². The van der Waals surface area contributed by atoms with Gasteiger partial charge in [0.2, 0.25) is 0 Å². The number of amides is 1. The number of carbonyl (C=O) groups excluding carboxylic acids is 1. The minimum absolute atomic E-state index is 0. The molecule has 0 bridgehead atoms. The normalized spacial score (nSPS) is 19.6. The van der Waals surface area contributed by atoms with Crippen LogP contribution in [-0.4, -0.2) is 63.2 Å². The molecule has 2 N–H and O–H groups in total. The van der Waals surface area contributed by atoms with Crippen LogP contribution in [0.15, 0.2) is 29.3 Å². The van der Waals surface area contributed by atoms with Gasteiger partial charge in [0.1, 0.15) is 0 Å². The molecule has 1 unspecified atom stereocenters. The molecule has 146 valence electrons. The van der Waals surface area contributed by atoms with Gasteiger partial charge < -0.3 is 20.3 Å². The molecule has 1 aromatic carbocycles. The number of aliphatic imine (C=N–C) groups is 1. The summed E-state index contributed by atoms with van der Waals surface area (Å²) in [6.45, 7) is 4.47. The number of halogens is 1. The SMILES string of the molecule is CN=C(NCCc1cccc(C(=O)N(C)C)c1)NCC1(C)CCCO1.I. The van der Waals surface area contributed by atoms with Gasteiger partial charge in [-0.15, -0.1) is 24.0 Å². The van der Waals surface area contributed by atoms with Crippen molar-refractivity contribution in [2.45, 2.75) is 31.8 Å². The number of rotatable bonds is 6. The Balaban J connectivity index is 0.00000338. The molecule has 0 radical (unpaired) electrons. The highest BCUT2D eigenvalue weighted by Crippen LogP contribution is 2.23. The topological polar surface area (TPSA) is 66.0 Å². The Labute approximate surface area is 173 Å². The number of carbonyl (C=O) groups is 1. The van der Waals surface area contributed by atoms with Crippen molar-refractivity contribution >= 4 is 35.8 Å². The molecule has 0 aliphatic carbocycles. The molecule has 1 saturated heterocycles. The summed E-state index contributed by atoms with van der Waals surface area (Å²) in [6, 6.07) is 7.77. The smallest absolute Gasteiger partial charge is 0.253 e. The molecule has 1 aromatic rings. The average Bonchev–Trinajstić information content (AvgIpc) is 3.04. The van der Waals surface area contributed by atoms with Crippen LogP contribution in [0.4, 0.5) is 0 Å². The highest BCUT2D eigenvalue weighted by Gasteiger charge is 2.29. The number of nitrogens with zero attached hydrogens (tertiary/aromatic N) is 2. The van der Waals surface area contributed by atoms with E-state index in [4.69, 9.17) is 4.74 Å². The first kappa shape index (κ1) is 22.7. The third-order valence-corrected chi connectivity index (χ3v) is 4.44. The van der Waals surface area contributed by atoms with E-state index >= 15 is 0 Å². The van der Waals surface area contributed by atoms with Crippen LogP contribution >= 0.6 is 24.0 Å². The fourth-order valence-electron chi connectivity index (χ4n) is 2.91. The maximum atomic E-state index is 12.0. The number of hydrogen-bond acceptors (Lipinski definition) is 3. The van der Waals surface area contributed by atoms with Gasteiger partial charge in [-0.25, -0.2) is 0 Å². The van der Waals surface area contributed by atoms with Crippen LogP contribution in [0.1, 0.15) is 35.7 Å². The maximum Gasteiger partial charge on any atom is 0.253 e. The van der Waals surface area contributed by atoms with E-state index in [9.17, 15) is 4.79 Å². The molecule has 6 nitrogen and oxygen atoms in total. The first-order valence-corrected chi connectivity index (χ1v) is 8.82. The lowest BCUT2D eigenvalue weighted by atomic mass is 10.0. The zero-order chi connectivity index (χ0) is 18.3. The van der Waals surface area contributed by atoms with Gasteiger partial charge in [-0.3, -0.25) is 9.79 Å². The summed E-state index contributed by atoms with van der Waals surface area (Å²) in [7, 11) is 5.30. The molecule has 26 heavy (non-hydrogen) atoms. The van der Waals surface area contributed by atoms with Crippen LogP contribution < -0.4 is 10.6 Å². The van der Waals surface area contributed by atoms with Crippen molar-refractivity contribution in [3.63, 3.8) is 0 Å². The van der Waals surface area contributed by atoms with Gasteiger partial charge >= 0.3 is 0 Å². The Kier molecular flexibility index (Phi) is 9.35. The molecule has 1 aliphatic heterocycles. The summed E-state index contributed by atoms with van der Waals surface area (Å²) in [4.78, 5) is 17.9. The first-order valence-electron chi connectivity index (χ1n) is 8.82. The molecule has 2 rings (SSSR count). The lowest BCUT2D eigenvalue weighted by molar-refractivity contribution is 0.0243. The van der Waals surface area contributed by atoms with E-state index in [-0.39, 0.29) is 35.5 Å². The van der Waals surface area contributed by atoms with Crippen molar-refractivity contribution in [2.24, 2.45) is 4.99 Å².